The lowest BCUT2D eigenvalue weighted by Gasteiger charge is -2.10. The highest BCUT2D eigenvalue weighted by atomic mass is 32.2. The molecule has 7 nitrogen and oxygen atoms in total. The molecule has 1 atom stereocenters. The molecule has 0 aromatic carbocycles. The van der Waals surface area contributed by atoms with E-state index in [0.29, 0.717) is 6.42 Å². The monoisotopic (exact) mass is 276 g/mol. The van der Waals surface area contributed by atoms with Crippen LogP contribution in [0.15, 0.2) is 17.2 Å². The van der Waals surface area contributed by atoms with Gasteiger partial charge in [0.25, 0.3) is 0 Å². The summed E-state index contributed by atoms with van der Waals surface area (Å²) in [7, 11) is -3.79. The van der Waals surface area contributed by atoms with Gasteiger partial charge in [0.2, 0.25) is 10.0 Å². The maximum Gasteiger partial charge on any atom is 0.352 e. The maximum absolute atomic E-state index is 11.7. The first-order valence-corrected chi connectivity index (χ1v) is 6.94. The van der Waals surface area contributed by atoms with Gasteiger partial charge >= 0.3 is 5.97 Å². The van der Waals surface area contributed by atoms with Crippen molar-refractivity contribution in [1.29, 1.82) is 0 Å². The van der Waals surface area contributed by atoms with Crippen molar-refractivity contribution in [2.75, 3.05) is 6.54 Å². The van der Waals surface area contributed by atoms with Crippen LogP contribution in [0.5, 0.6) is 0 Å². The number of aliphatic hydroxyl groups excluding tert-OH is 1. The van der Waals surface area contributed by atoms with Crippen LogP contribution in [0.2, 0.25) is 0 Å². The third-order valence-corrected chi connectivity index (χ3v) is 3.73. The Balaban J connectivity index is 2.71. The van der Waals surface area contributed by atoms with Gasteiger partial charge in [0.15, 0.2) is 0 Å². The minimum Gasteiger partial charge on any atom is -0.477 e. The van der Waals surface area contributed by atoms with Gasteiger partial charge in [-0.2, -0.15) is 0 Å². The number of hydrogen-bond acceptors (Lipinski definition) is 4. The molecule has 4 N–H and O–H groups in total. The van der Waals surface area contributed by atoms with Gasteiger partial charge < -0.3 is 15.2 Å². The van der Waals surface area contributed by atoms with Crippen LogP contribution in [-0.4, -0.2) is 42.2 Å². The van der Waals surface area contributed by atoms with E-state index in [2.05, 4.69) is 9.71 Å². The summed E-state index contributed by atoms with van der Waals surface area (Å²) in [5.41, 5.74) is -0.204. The standard InChI is InChI=1S/C10H16N2O5S/c1-2-3-7(13)5-12-18(16,17)8-4-9(10(14)15)11-6-8/h4,6-7,11-13H,2-3,5H2,1H3,(H,14,15). The van der Waals surface area contributed by atoms with Gasteiger partial charge in [-0.25, -0.2) is 17.9 Å². The van der Waals surface area contributed by atoms with Crippen LogP contribution in [0.1, 0.15) is 30.3 Å². The van der Waals surface area contributed by atoms with Crippen molar-refractivity contribution in [2.24, 2.45) is 0 Å². The summed E-state index contributed by atoms with van der Waals surface area (Å²) < 4.78 is 25.7. The fraction of sp³-hybridized carbons (Fsp3) is 0.500. The Labute approximate surface area is 105 Å². The van der Waals surface area contributed by atoms with Crippen molar-refractivity contribution in [3.8, 4) is 0 Å². The van der Waals surface area contributed by atoms with Crippen molar-refractivity contribution < 1.29 is 23.4 Å². The van der Waals surface area contributed by atoms with E-state index < -0.39 is 22.1 Å². The SMILES string of the molecule is CCCC(O)CNS(=O)(=O)c1c[nH]c(C(=O)O)c1. The van der Waals surface area contributed by atoms with Gasteiger partial charge in [0.05, 0.1) is 6.10 Å². The maximum atomic E-state index is 11.7. The molecule has 0 aliphatic carbocycles. The second-order valence-electron chi connectivity index (χ2n) is 3.85. The molecule has 8 heteroatoms. The molecule has 0 fully saturated rings. The first-order valence-electron chi connectivity index (χ1n) is 5.46. The highest BCUT2D eigenvalue weighted by molar-refractivity contribution is 7.89. The minimum absolute atomic E-state index is 0.0935. The fourth-order valence-corrected chi connectivity index (χ4v) is 2.44. The van der Waals surface area contributed by atoms with E-state index in [1.165, 1.54) is 0 Å². The molecule has 1 aromatic heterocycles. The largest absolute Gasteiger partial charge is 0.477 e. The summed E-state index contributed by atoms with van der Waals surface area (Å²) in [4.78, 5) is 12.8. The van der Waals surface area contributed by atoms with Crippen LogP contribution >= 0.6 is 0 Å². The van der Waals surface area contributed by atoms with Gasteiger partial charge in [-0.05, 0) is 12.5 Å². The zero-order valence-corrected chi connectivity index (χ0v) is 10.7. The molecule has 0 saturated heterocycles. The summed E-state index contributed by atoms with van der Waals surface area (Å²) in [6, 6.07) is 1.02. The van der Waals surface area contributed by atoms with Gasteiger partial charge in [-0.15, -0.1) is 0 Å². The number of nitrogens with one attached hydrogen (secondary N) is 2. The normalized spacial score (nSPS) is 13.4. The van der Waals surface area contributed by atoms with E-state index in [0.717, 1.165) is 18.7 Å². The molecule has 0 bridgehead atoms. The average molecular weight is 276 g/mol. The average Bonchev–Trinajstić information content (AvgIpc) is 2.77. The number of carboxylic acid groups (broad SMARTS) is 1. The molecule has 1 rings (SSSR count). The summed E-state index contributed by atoms with van der Waals surface area (Å²) in [6.07, 6.45) is 1.59. The third kappa shape index (κ3) is 3.83. The molecule has 0 amide bonds. The highest BCUT2D eigenvalue weighted by Crippen LogP contribution is 2.10. The number of carbonyl (C=O) groups is 1. The Hall–Kier alpha value is -1.38. The zero-order valence-electron chi connectivity index (χ0n) is 9.88. The molecule has 1 unspecified atom stereocenters. The molecule has 1 aromatic rings. The number of aliphatic hydroxyl groups is 1. The van der Waals surface area contributed by atoms with Crippen LogP contribution in [0.3, 0.4) is 0 Å². The predicted molar refractivity (Wildman–Crippen MR) is 63.9 cm³/mol. The van der Waals surface area contributed by atoms with Crippen molar-refractivity contribution in [3.05, 3.63) is 18.0 Å². The topological polar surface area (TPSA) is 119 Å². The quantitative estimate of drug-likeness (QED) is 0.565. The second kappa shape index (κ2) is 5.98. The lowest BCUT2D eigenvalue weighted by atomic mass is 10.2. The number of sulfonamides is 1. The van der Waals surface area contributed by atoms with E-state index in [9.17, 15) is 18.3 Å². The van der Waals surface area contributed by atoms with Gasteiger partial charge in [0.1, 0.15) is 10.6 Å². The Morgan fingerprint density at radius 1 is 1.56 bits per heavy atom. The first-order chi connectivity index (χ1) is 8.36. The number of hydrogen-bond donors (Lipinski definition) is 4. The van der Waals surface area contributed by atoms with Gasteiger partial charge in [-0.1, -0.05) is 13.3 Å². The summed E-state index contributed by atoms with van der Waals surface area (Å²) in [5, 5.41) is 18.1. The fourth-order valence-electron chi connectivity index (χ4n) is 1.38. The molecule has 0 spiro atoms. The number of H-pyrrole nitrogens is 1. The first kappa shape index (κ1) is 14.7. The third-order valence-electron chi connectivity index (χ3n) is 2.33. The number of aromatic amines is 1. The Morgan fingerprint density at radius 3 is 2.72 bits per heavy atom. The van der Waals surface area contributed by atoms with Gasteiger partial charge in [0, 0.05) is 12.7 Å². The molecule has 1 heterocycles. The van der Waals surface area contributed by atoms with Crippen molar-refractivity contribution >= 4 is 16.0 Å². The van der Waals surface area contributed by atoms with Crippen LogP contribution in [-0.2, 0) is 10.0 Å². The lowest BCUT2D eigenvalue weighted by molar-refractivity contribution is 0.0691. The molecular weight excluding hydrogens is 260 g/mol. The number of aromatic carboxylic acids is 1. The predicted octanol–water partition coefficient (Wildman–Crippen LogP) is 0.152. The van der Waals surface area contributed by atoms with Crippen molar-refractivity contribution in [3.63, 3.8) is 0 Å². The minimum atomic E-state index is -3.79. The molecule has 18 heavy (non-hydrogen) atoms. The molecule has 0 aliphatic heterocycles. The second-order valence-corrected chi connectivity index (χ2v) is 5.62. The van der Waals surface area contributed by atoms with Gasteiger partial charge in [-0.3, -0.25) is 0 Å². The summed E-state index contributed by atoms with van der Waals surface area (Å²) >= 11 is 0. The van der Waals surface area contributed by atoms with Crippen LogP contribution in [0, 0.1) is 0 Å². The molecule has 0 saturated carbocycles. The van der Waals surface area contributed by atoms with E-state index in [4.69, 9.17) is 5.11 Å². The smallest absolute Gasteiger partial charge is 0.352 e. The van der Waals surface area contributed by atoms with E-state index in [1.54, 1.807) is 0 Å². The number of aromatic nitrogens is 1. The van der Waals surface area contributed by atoms with E-state index >= 15 is 0 Å². The Morgan fingerprint density at radius 2 is 2.22 bits per heavy atom. The zero-order chi connectivity index (χ0) is 13.8. The lowest BCUT2D eigenvalue weighted by Crippen LogP contribution is -2.31. The summed E-state index contributed by atoms with van der Waals surface area (Å²) in [6.45, 7) is 1.78. The van der Waals surface area contributed by atoms with Crippen molar-refractivity contribution in [1.82, 2.24) is 9.71 Å². The van der Waals surface area contributed by atoms with E-state index in [-0.39, 0.29) is 17.1 Å². The number of carboxylic acids is 1. The van der Waals surface area contributed by atoms with Crippen molar-refractivity contribution in [2.45, 2.75) is 30.8 Å². The molecular formula is C10H16N2O5S. The number of rotatable bonds is 7. The van der Waals surface area contributed by atoms with Crippen LogP contribution in [0.4, 0.5) is 0 Å². The Kier molecular flexibility index (Phi) is 4.88. The summed E-state index contributed by atoms with van der Waals surface area (Å²) in [5.74, 6) is -1.23. The molecule has 0 radical (unpaired) electrons. The Bertz CT molecular complexity index is 508. The molecule has 0 aliphatic rings. The van der Waals surface area contributed by atoms with Crippen LogP contribution < -0.4 is 4.72 Å². The van der Waals surface area contributed by atoms with Crippen LogP contribution in [0.25, 0.3) is 0 Å². The molecule has 102 valence electrons. The van der Waals surface area contributed by atoms with E-state index in [1.807, 2.05) is 6.92 Å². The highest BCUT2D eigenvalue weighted by Gasteiger charge is 2.18.